The SMILES string of the molecule is COc1nc(-c2cccc(-c3cccc(-n4cc5cc(CN6CC[C@H](C(=O)O)C6)cnc5n4)c3Cl)c2Cl)ccc1CNC[C@@H]1CCC(=O)N1. The van der Waals surface area contributed by atoms with Crippen LogP contribution in [0.2, 0.25) is 10.0 Å². The largest absolute Gasteiger partial charge is 0.481 e. The number of nitrogens with one attached hydrogen (secondary N) is 2. The summed E-state index contributed by atoms with van der Waals surface area (Å²) in [6.07, 6.45) is 5.74. The van der Waals surface area contributed by atoms with E-state index in [2.05, 4.69) is 20.5 Å². The number of likely N-dealkylation sites (tertiary alicyclic amines) is 1. The Bertz CT molecular complexity index is 2050. The van der Waals surface area contributed by atoms with Gasteiger partial charge in [-0.3, -0.25) is 14.5 Å². The summed E-state index contributed by atoms with van der Waals surface area (Å²) >= 11 is 14.1. The van der Waals surface area contributed by atoms with Crippen molar-refractivity contribution < 1.29 is 19.4 Å². The van der Waals surface area contributed by atoms with E-state index in [1.54, 1.807) is 18.0 Å². The molecule has 3 aromatic heterocycles. The first-order chi connectivity index (χ1) is 23.8. The van der Waals surface area contributed by atoms with Gasteiger partial charge in [0, 0.05) is 78.7 Å². The molecule has 3 N–H and O–H groups in total. The molecular weight excluding hydrogens is 665 g/mol. The average molecular weight is 701 g/mol. The Morgan fingerprint density at radius 2 is 1.88 bits per heavy atom. The van der Waals surface area contributed by atoms with Gasteiger partial charge in [-0.1, -0.05) is 59.6 Å². The van der Waals surface area contributed by atoms with Crippen LogP contribution in [0, 0.1) is 5.92 Å². The number of carboxylic acid groups (broad SMARTS) is 1. The number of rotatable bonds is 11. The summed E-state index contributed by atoms with van der Waals surface area (Å²) in [5.74, 6) is -0.477. The van der Waals surface area contributed by atoms with Crippen molar-refractivity contribution in [2.75, 3.05) is 26.7 Å². The minimum Gasteiger partial charge on any atom is -0.481 e. The fraction of sp³-hybridized carbons (Fsp3) is 0.306. The molecule has 2 saturated heterocycles. The maximum atomic E-state index is 11.5. The van der Waals surface area contributed by atoms with E-state index in [4.69, 9.17) is 38.0 Å². The smallest absolute Gasteiger partial charge is 0.307 e. The molecule has 2 atom stereocenters. The van der Waals surface area contributed by atoms with Crippen LogP contribution in [0.4, 0.5) is 0 Å². The Morgan fingerprint density at radius 1 is 1.08 bits per heavy atom. The Labute approximate surface area is 293 Å². The van der Waals surface area contributed by atoms with E-state index in [0.717, 1.165) is 46.2 Å². The molecule has 0 bridgehead atoms. The molecule has 1 amide bonds. The summed E-state index contributed by atoms with van der Waals surface area (Å²) in [7, 11) is 1.59. The number of methoxy groups -OCH3 is 1. The number of aromatic nitrogens is 4. The number of nitrogens with zero attached hydrogens (tertiary/aromatic N) is 5. The summed E-state index contributed by atoms with van der Waals surface area (Å²) in [4.78, 5) is 34.4. The summed E-state index contributed by atoms with van der Waals surface area (Å²) in [5, 5.41) is 22.2. The lowest BCUT2D eigenvalue weighted by Crippen LogP contribution is -2.35. The number of carbonyl (C=O) groups is 2. The van der Waals surface area contributed by atoms with Gasteiger partial charge in [-0.15, -0.1) is 5.10 Å². The first kappa shape index (κ1) is 33.0. The second-order valence-corrected chi connectivity index (χ2v) is 13.2. The van der Waals surface area contributed by atoms with Crippen molar-refractivity contribution in [1.29, 1.82) is 0 Å². The average Bonchev–Trinajstić information content (AvgIpc) is 3.85. The van der Waals surface area contributed by atoms with Crippen LogP contribution in [0.5, 0.6) is 5.88 Å². The number of hydrogen-bond acceptors (Lipinski definition) is 8. The minimum absolute atomic E-state index is 0.0949. The van der Waals surface area contributed by atoms with Crippen LogP contribution < -0.4 is 15.4 Å². The predicted octanol–water partition coefficient (Wildman–Crippen LogP) is 5.74. The lowest BCUT2D eigenvalue weighted by atomic mass is 10.00. The van der Waals surface area contributed by atoms with Crippen molar-refractivity contribution in [2.24, 2.45) is 5.92 Å². The Balaban J connectivity index is 1.11. The standard InChI is InChI=1S/C36H35Cl2N7O4/c1-49-35-22(16-39-17-25-9-11-31(46)41-25)8-10-29(42-35)28-6-2-4-26(32(28)37)27-5-3-7-30(33(27)38)45-20-24-14-21(15-40-34(24)43-45)18-44-13-12-23(19-44)36(47)48/h2-8,10,14-15,20,23,25,39H,9,11-13,16-19H2,1H3,(H,41,46)(H,47,48)/t23-,25-/m0/s1. The Hall–Kier alpha value is -4.55. The number of ether oxygens (including phenoxy) is 1. The highest BCUT2D eigenvalue weighted by molar-refractivity contribution is 6.39. The molecule has 252 valence electrons. The summed E-state index contributed by atoms with van der Waals surface area (Å²) < 4.78 is 7.36. The van der Waals surface area contributed by atoms with Crippen LogP contribution >= 0.6 is 23.2 Å². The summed E-state index contributed by atoms with van der Waals surface area (Å²) in [6.45, 7) is 3.13. The number of pyridine rings is 2. The number of halogens is 2. The zero-order valence-corrected chi connectivity index (χ0v) is 28.3. The zero-order chi connectivity index (χ0) is 34.1. The van der Waals surface area contributed by atoms with Crippen LogP contribution in [0.15, 0.2) is 67.0 Å². The maximum absolute atomic E-state index is 11.5. The number of carbonyl (C=O) groups excluding carboxylic acids is 1. The van der Waals surface area contributed by atoms with E-state index in [9.17, 15) is 14.7 Å². The third-order valence-electron chi connectivity index (χ3n) is 9.16. The summed E-state index contributed by atoms with van der Waals surface area (Å²) in [5.41, 5.74) is 6.05. The molecule has 0 spiro atoms. The summed E-state index contributed by atoms with van der Waals surface area (Å²) in [6, 6.07) is 17.6. The number of hydrogen-bond donors (Lipinski definition) is 3. The van der Waals surface area contributed by atoms with Crippen molar-refractivity contribution in [1.82, 2.24) is 35.3 Å². The van der Waals surface area contributed by atoms with Gasteiger partial charge >= 0.3 is 5.97 Å². The van der Waals surface area contributed by atoms with Crippen molar-refractivity contribution >= 4 is 46.1 Å². The number of carboxylic acids is 1. The minimum atomic E-state index is -0.743. The van der Waals surface area contributed by atoms with Gasteiger partial charge < -0.3 is 20.5 Å². The van der Waals surface area contributed by atoms with Gasteiger partial charge in [0.25, 0.3) is 0 Å². The lowest BCUT2D eigenvalue weighted by Gasteiger charge is -2.15. The Morgan fingerprint density at radius 3 is 2.63 bits per heavy atom. The second kappa shape index (κ2) is 14.1. The van der Waals surface area contributed by atoms with Crippen LogP contribution in [0.25, 0.3) is 39.1 Å². The zero-order valence-electron chi connectivity index (χ0n) is 26.8. The van der Waals surface area contributed by atoms with Gasteiger partial charge in [-0.25, -0.2) is 14.6 Å². The van der Waals surface area contributed by atoms with Gasteiger partial charge in [0.2, 0.25) is 11.8 Å². The van der Waals surface area contributed by atoms with Gasteiger partial charge in [0.1, 0.15) is 0 Å². The van der Waals surface area contributed by atoms with Gasteiger partial charge in [-0.05, 0) is 43.1 Å². The van der Waals surface area contributed by atoms with E-state index in [1.165, 1.54) is 0 Å². The molecule has 2 fully saturated rings. The molecule has 0 radical (unpaired) electrons. The number of amides is 1. The van der Waals surface area contributed by atoms with Crippen LogP contribution in [0.1, 0.15) is 30.4 Å². The molecule has 2 aliphatic heterocycles. The van der Waals surface area contributed by atoms with Crippen LogP contribution in [-0.2, 0) is 22.7 Å². The maximum Gasteiger partial charge on any atom is 0.307 e. The third-order valence-corrected chi connectivity index (χ3v) is 9.96. The third kappa shape index (κ3) is 6.98. The lowest BCUT2D eigenvalue weighted by molar-refractivity contribution is -0.141. The molecule has 11 nitrogen and oxygen atoms in total. The molecule has 13 heteroatoms. The topological polar surface area (TPSA) is 134 Å². The molecule has 5 aromatic rings. The fourth-order valence-corrected chi connectivity index (χ4v) is 7.23. The second-order valence-electron chi connectivity index (χ2n) is 12.5. The molecule has 2 aromatic carbocycles. The number of benzene rings is 2. The van der Waals surface area contributed by atoms with Crippen molar-refractivity contribution in [3.63, 3.8) is 0 Å². The monoisotopic (exact) mass is 699 g/mol. The highest BCUT2D eigenvalue weighted by Crippen LogP contribution is 2.41. The van der Waals surface area contributed by atoms with E-state index < -0.39 is 5.97 Å². The van der Waals surface area contributed by atoms with E-state index in [-0.39, 0.29) is 17.9 Å². The van der Waals surface area contributed by atoms with E-state index >= 15 is 0 Å². The van der Waals surface area contributed by atoms with Gasteiger partial charge in [0.05, 0.1) is 34.5 Å². The molecule has 0 unspecified atom stereocenters. The molecule has 2 aliphatic rings. The highest BCUT2D eigenvalue weighted by atomic mass is 35.5. The van der Waals surface area contributed by atoms with Gasteiger partial charge in [-0.2, -0.15) is 0 Å². The predicted molar refractivity (Wildman–Crippen MR) is 188 cm³/mol. The molecule has 0 aliphatic carbocycles. The quantitative estimate of drug-likeness (QED) is 0.158. The number of aliphatic carboxylic acids is 1. The normalized spacial score (nSPS) is 17.9. The fourth-order valence-electron chi connectivity index (χ4n) is 6.59. The molecule has 5 heterocycles. The van der Waals surface area contributed by atoms with E-state index in [1.807, 2.05) is 60.8 Å². The first-order valence-electron chi connectivity index (χ1n) is 16.2. The highest BCUT2D eigenvalue weighted by Gasteiger charge is 2.28. The molecule has 0 saturated carbocycles. The first-order valence-corrected chi connectivity index (χ1v) is 16.9. The van der Waals surface area contributed by atoms with Crippen molar-refractivity contribution in [3.05, 3.63) is 88.2 Å². The van der Waals surface area contributed by atoms with Crippen LogP contribution in [-0.4, -0.2) is 74.4 Å². The molecule has 49 heavy (non-hydrogen) atoms. The number of fused-ring (bicyclic) bond motifs is 1. The van der Waals surface area contributed by atoms with Crippen LogP contribution in [0.3, 0.4) is 0 Å². The van der Waals surface area contributed by atoms with Crippen molar-refractivity contribution in [2.45, 2.75) is 38.4 Å². The molecule has 7 rings (SSSR count). The van der Waals surface area contributed by atoms with E-state index in [0.29, 0.717) is 72.0 Å². The Kier molecular flexibility index (Phi) is 9.50. The van der Waals surface area contributed by atoms with Crippen molar-refractivity contribution in [3.8, 4) is 34.0 Å². The van der Waals surface area contributed by atoms with Gasteiger partial charge in [0.15, 0.2) is 5.65 Å². The molecular formula is C36H35Cl2N7O4.